The molecular formula is C20H16N4O8. The normalized spacial score (nSPS) is 15.0. The summed E-state index contributed by atoms with van der Waals surface area (Å²) in [6.45, 7) is 0.832. The Morgan fingerprint density at radius 3 is 1.81 bits per heavy atom. The molecule has 12 heteroatoms. The molecule has 2 aromatic carbocycles. The Bertz CT molecular complexity index is 1210. The highest BCUT2D eigenvalue weighted by atomic mass is 16.6. The third-order valence-electron chi connectivity index (χ3n) is 5.71. The largest absolute Gasteiger partial charge is 0.339 e. The van der Waals surface area contributed by atoms with Crippen LogP contribution in [0.25, 0.3) is 11.1 Å². The molecular weight excluding hydrogens is 424 g/mol. The molecule has 1 saturated heterocycles. The van der Waals surface area contributed by atoms with E-state index in [1.54, 1.807) is 0 Å². The molecule has 1 amide bonds. The van der Waals surface area contributed by atoms with Crippen LogP contribution in [-0.4, -0.2) is 44.4 Å². The minimum Gasteiger partial charge on any atom is -0.339 e. The molecule has 0 spiro atoms. The van der Waals surface area contributed by atoms with Gasteiger partial charge in [0.15, 0.2) is 5.78 Å². The second-order valence-corrected chi connectivity index (χ2v) is 7.61. The van der Waals surface area contributed by atoms with Gasteiger partial charge in [-0.3, -0.25) is 39.9 Å². The zero-order chi connectivity index (χ0) is 23.2. The fraction of sp³-hybridized carbons (Fsp3) is 0.300. The quantitative estimate of drug-likeness (QED) is 0.438. The predicted octanol–water partition coefficient (Wildman–Crippen LogP) is 3.64. The standard InChI is InChI=1S/C20H16N4O8/c25-19-13-7-11(22(27)28)9-15(20(26)21-5-3-1-2-4-6-21)17(13)18-14(19)8-12(23(29)30)10-16(18)24(31)32/h7-10H,1-6H2. The molecule has 12 nitrogen and oxygen atoms in total. The number of hydrogen-bond donors (Lipinski definition) is 0. The van der Waals surface area contributed by atoms with Crippen LogP contribution in [0.3, 0.4) is 0 Å². The van der Waals surface area contributed by atoms with E-state index in [0.717, 1.165) is 49.9 Å². The summed E-state index contributed by atoms with van der Waals surface area (Å²) >= 11 is 0. The summed E-state index contributed by atoms with van der Waals surface area (Å²) in [6, 6.07) is 3.59. The van der Waals surface area contributed by atoms with Crippen LogP contribution in [0.5, 0.6) is 0 Å². The van der Waals surface area contributed by atoms with E-state index in [9.17, 15) is 39.9 Å². The molecule has 2 aromatic rings. The van der Waals surface area contributed by atoms with Gasteiger partial charge in [0.05, 0.1) is 32.0 Å². The van der Waals surface area contributed by atoms with Crippen molar-refractivity contribution in [1.29, 1.82) is 0 Å². The molecule has 0 unspecified atom stereocenters. The van der Waals surface area contributed by atoms with Gasteiger partial charge < -0.3 is 4.90 Å². The number of hydrogen-bond acceptors (Lipinski definition) is 8. The summed E-state index contributed by atoms with van der Waals surface area (Å²) in [5, 5.41) is 34.4. The lowest BCUT2D eigenvalue weighted by Gasteiger charge is -2.21. The predicted molar refractivity (Wildman–Crippen MR) is 110 cm³/mol. The number of rotatable bonds is 4. The van der Waals surface area contributed by atoms with Gasteiger partial charge >= 0.3 is 0 Å². The summed E-state index contributed by atoms with van der Waals surface area (Å²) in [5.74, 6) is -1.41. The van der Waals surface area contributed by atoms with Crippen LogP contribution in [0.4, 0.5) is 17.1 Å². The molecule has 32 heavy (non-hydrogen) atoms. The number of amides is 1. The number of nitrogens with zero attached hydrogens (tertiary/aromatic N) is 4. The summed E-state index contributed by atoms with van der Waals surface area (Å²) in [6.07, 6.45) is 3.33. The van der Waals surface area contributed by atoms with Gasteiger partial charge in [0.25, 0.3) is 23.0 Å². The second-order valence-electron chi connectivity index (χ2n) is 7.61. The van der Waals surface area contributed by atoms with Crippen LogP contribution >= 0.6 is 0 Å². The molecule has 0 N–H and O–H groups in total. The van der Waals surface area contributed by atoms with Crippen molar-refractivity contribution in [2.75, 3.05) is 13.1 Å². The zero-order valence-electron chi connectivity index (χ0n) is 16.6. The van der Waals surface area contributed by atoms with Gasteiger partial charge in [-0.1, -0.05) is 12.8 Å². The SMILES string of the molecule is O=C1c2cc([N+](=O)[O-])cc(C(=O)N3CCCCCC3)c2-c2c1cc([N+](=O)[O-])cc2[N+](=O)[O-]. The molecule has 1 aliphatic carbocycles. The van der Waals surface area contributed by atoms with Gasteiger partial charge in [-0.05, 0) is 12.8 Å². The van der Waals surface area contributed by atoms with Crippen LogP contribution in [0.1, 0.15) is 52.0 Å². The van der Waals surface area contributed by atoms with E-state index in [1.807, 2.05) is 0 Å². The molecule has 2 aliphatic rings. The highest BCUT2D eigenvalue weighted by Gasteiger charge is 2.40. The van der Waals surface area contributed by atoms with Crippen molar-refractivity contribution in [1.82, 2.24) is 4.90 Å². The average molecular weight is 440 g/mol. The van der Waals surface area contributed by atoms with Crippen LogP contribution in [0.15, 0.2) is 24.3 Å². The van der Waals surface area contributed by atoms with Crippen LogP contribution in [-0.2, 0) is 0 Å². The summed E-state index contributed by atoms with van der Waals surface area (Å²) in [4.78, 5) is 59.9. The first-order valence-corrected chi connectivity index (χ1v) is 9.84. The van der Waals surface area contributed by atoms with Gasteiger partial charge in [0.2, 0.25) is 0 Å². The van der Waals surface area contributed by atoms with E-state index in [0.29, 0.717) is 13.1 Å². The maximum absolute atomic E-state index is 13.4. The van der Waals surface area contributed by atoms with Crippen LogP contribution < -0.4 is 0 Å². The Morgan fingerprint density at radius 1 is 0.750 bits per heavy atom. The molecule has 4 rings (SSSR count). The summed E-state index contributed by atoms with van der Waals surface area (Å²) in [7, 11) is 0. The van der Waals surface area contributed by atoms with Crippen molar-refractivity contribution >= 4 is 28.8 Å². The van der Waals surface area contributed by atoms with Crippen LogP contribution in [0, 0.1) is 30.3 Å². The van der Waals surface area contributed by atoms with Crippen molar-refractivity contribution in [3.63, 3.8) is 0 Å². The smallest absolute Gasteiger partial charge is 0.284 e. The topological polar surface area (TPSA) is 167 Å². The van der Waals surface area contributed by atoms with E-state index in [1.165, 1.54) is 4.90 Å². The minimum atomic E-state index is -0.866. The Labute approximate surface area is 179 Å². The fourth-order valence-electron chi connectivity index (χ4n) is 4.24. The number of ketones is 1. The number of nitro benzene ring substituents is 3. The molecule has 1 heterocycles. The number of benzene rings is 2. The van der Waals surface area contributed by atoms with E-state index in [2.05, 4.69) is 0 Å². The molecule has 0 radical (unpaired) electrons. The third kappa shape index (κ3) is 3.35. The highest BCUT2D eigenvalue weighted by Crippen LogP contribution is 2.47. The van der Waals surface area contributed by atoms with Gasteiger partial charge in [-0.2, -0.15) is 0 Å². The zero-order valence-corrected chi connectivity index (χ0v) is 16.6. The number of carbonyl (C=O) groups is 2. The first-order chi connectivity index (χ1) is 15.2. The van der Waals surface area contributed by atoms with E-state index in [4.69, 9.17) is 0 Å². The number of fused-ring (bicyclic) bond motifs is 3. The third-order valence-corrected chi connectivity index (χ3v) is 5.71. The number of non-ortho nitro benzene ring substituents is 2. The minimum absolute atomic E-state index is 0.0913. The number of nitro groups is 3. The van der Waals surface area contributed by atoms with Crippen molar-refractivity contribution in [3.8, 4) is 11.1 Å². The molecule has 1 fully saturated rings. The molecule has 1 aliphatic heterocycles. The fourth-order valence-corrected chi connectivity index (χ4v) is 4.24. The van der Waals surface area contributed by atoms with E-state index < -0.39 is 43.5 Å². The van der Waals surface area contributed by atoms with Gasteiger partial charge in [-0.15, -0.1) is 0 Å². The molecule has 0 saturated carbocycles. The highest BCUT2D eigenvalue weighted by molar-refractivity contribution is 6.26. The Hall–Kier alpha value is -4.22. The first kappa shape index (κ1) is 21.0. The molecule has 0 aromatic heterocycles. The maximum Gasteiger partial charge on any atom is 0.284 e. The van der Waals surface area contributed by atoms with Gasteiger partial charge in [0, 0.05) is 48.0 Å². The Kier molecular flexibility index (Phi) is 5.12. The second kappa shape index (κ2) is 7.80. The van der Waals surface area contributed by atoms with E-state index >= 15 is 0 Å². The maximum atomic E-state index is 13.4. The van der Waals surface area contributed by atoms with Crippen molar-refractivity contribution in [2.45, 2.75) is 25.7 Å². The molecule has 0 atom stereocenters. The van der Waals surface area contributed by atoms with Crippen molar-refractivity contribution in [3.05, 3.63) is 71.3 Å². The number of likely N-dealkylation sites (tertiary alicyclic amines) is 1. The van der Waals surface area contributed by atoms with Crippen molar-refractivity contribution in [2.24, 2.45) is 0 Å². The van der Waals surface area contributed by atoms with Crippen molar-refractivity contribution < 1.29 is 24.4 Å². The lowest BCUT2D eigenvalue weighted by Crippen LogP contribution is -2.32. The Morgan fingerprint density at radius 2 is 1.28 bits per heavy atom. The lowest BCUT2D eigenvalue weighted by atomic mass is 9.96. The molecule has 0 bridgehead atoms. The average Bonchev–Trinajstić information content (AvgIpc) is 2.92. The Balaban J connectivity index is 2.01. The number of carbonyl (C=O) groups excluding carboxylic acids is 2. The van der Waals surface area contributed by atoms with Gasteiger partial charge in [-0.25, -0.2) is 0 Å². The first-order valence-electron chi connectivity index (χ1n) is 9.84. The van der Waals surface area contributed by atoms with Gasteiger partial charge in [0.1, 0.15) is 0 Å². The summed E-state index contributed by atoms with van der Waals surface area (Å²) in [5.41, 5.74) is -2.98. The summed E-state index contributed by atoms with van der Waals surface area (Å²) < 4.78 is 0. The monoisotopic (exact) mass is 440 g/mol. The lowest BCUT2D eigenvalue weighted by molar-refractivity contribution is -0.393. The van der Waals surface area contributed by atoms with E-state index in [-0.39, 0.29) is 27.8 Å². The van der Waals surface area contributed by atoms with Crippen LogP contribution in [0.2, 0.25) is 0 Å². The molecule has 164 valence electrons.